The third-order valence-electron chi connectivity index (χ3n) is 4.04. The summed E-state index contributed by atoms with van der Waals surface area (Å²) < 4.78 is 10.1. The van der Waals surface area contributed by atoms with E-state index >= 15 is 0 Å². The maximum atomic E-state index is 12.3. The first-order valence-electron chi connectivity index (χ1n) is 7.03. The number of carbonyl (C=O) groups is 2. The molecule has 0 bridgehead atoms. The molecule has 1 N–H and O–H groups in total. The Balaban J connectivity index is 3.10. The average molecular weight is 284 g/mol. The molecule has 1 fully saturated rings. The van der Waals surface area contributed by atoms with Crippen molar-refractivity contribution in [3.8, 4) is 0 Å². The van der Waals surface area contributed by atoms with Gasteiger partial charge in [0.25, 0.3) is 0 Å². The molecule has 0 aromatic carbocycles. The second kappa shape index (κ2) is 6.39. The molecule has 0 aromatic rings. The Labute approximate surface area is 119 Å². The van der Waals surface area contributed by atoms with Gasteiger partial charge in [-0.25, -0.2) is 0 Å². The predicted octanol–water partition coefficient (Wildman–Crippen LogP) is 1.84. The minimum absolute atomic E-state index is 0.168. The third-order valence-corrected chi connectivity index (χ3v) is 4.04. The first-order chi connectivity index (χ1) is 9.34. The number of aliphatic hydroxyl groups is 1. The Morgan fingerprint density at radius 1 is 1.25 bits per heavy atom. The van der Waals surface area contributed by atoms with Crippen LogP contribution in [0.15, 0.2) is 12.7 Å². The lowest BCUT2D eigenvalue weighted by Gasteiger charge is -2.43. The van der Waals surface area contributed by atoms with Crippen LogP contribution in [-0.4, -0.2) is 35.9 Å². The van der Waals surface area contributed by atoms with E-state index in [4.69, 9.17) is 9.47 Å². The zero-order valence-electron chi connectivity index (χ0n) is 12.5. The molecule has 0 amide bonds. The molecule has 114 valence electrons. The topological polar surface area (TPSA) is 72.8 Å². The van der Waals surface area contributed by atoms with Gasteiger partial charge >= 0.3 is 11.9 Å². The minimum Gasteiger partial charge on any atom is -0.465 e. The molecule has 0 spiro atoms. The summed E-state index contributed by atoms with van der Waals surface area (Å²) in [4.78, 5) is 24.5. The summed E-state index contributed by atoms with van der Waals surface area (Å²) in [5.74, 6) is -1.49. The van der Waals surface area contributed by atoms with Crippen molar-refractivity contribution in [3.05, 3.63) is 12.7 Å². The summed E-state index contributed by atoms with van der Waals surface area (Å²) in [5.41, 5.74) is -2.29. The number of esters is 2. The van der Waals surface area contributed by atoms with Crippen molar-refractivity contribution in [2.24, 2.45) is 11.3 Å². The van der Waals surface area contributed by atoms with Crippen molar-refractivity contribution in [2.45, 2.75) is 45.6 Å². The fourth-order valence-corrected chi connectivity index (χ4v) is 2.68. The lowest BCUT2D eigenvalue weighted by Crippen LogP contribution is -2.52. The Morgan fingerprint density at radius 3 is 2.15 bits per heavy atom. The van der Waals surface area contributed by atoms with Crippen LogP contribution in [0.3, 0.4) is 0 Å². The second-order valence-corrected chi connectivity index (χ2v) is 5.43. The number of hydrogen-bond donors (Lipinski definition) is 1. The van der Waals surface area contributed by atoms with E-state index in [1.165, 1.54) is 0 Å². The Hall–Kier alpha value is -1.36. The fraction of sp³-hybridized carbons (Fsp3) is 0.733. The highest BCUT2D eigenvalue weighted by Crippen LogP contribution is 2.46. The van der Waals surface area contributed by atoms with Gasteiger partial charge in [-0.3, -0.25) is 9.59 Å². The van der Waals surface area contributed by atoms with Gasteiger partial charge in [0.2, 0.25) is 0 Å². The van der Waals surface area contributed by atoms with Crippen LogP contribution in [0.1, 0.15) is 40.0 Å². The number of carbonyl (C=O) groups excluding carboxylic acids is 2. The largest absolute Gasteiger partial charge is 0.465 e. The summed E-state index contributed by atoms with van der Waals surface area (Å²) in [6.45, 7) is 9.18. The van der Waals surface area contributed by atoms with Gasteiger partial charge < -0.3 is 14.6 Å². The van der Waals surface area contributed by atoms with Crippen molar-refractivity contribution in [2.75, 3.05) is 13.2 Å². The number of ether oxygens (including phenoxy) is 2. The average Bonchev–Trinajstić information content (AvgIpc) is 2.39. The fourth-order valence-electron chi connectivity index (χ4n) is 2.68. The van der Waals surface area contributed by atoms with Crippen LogP contribution in [0.25, 0.3) is 0 Å². The van der Waals surface area contributed by atoms with E-state index in [9.17, 15) is 14.7 Å². The molecule has 20 heavy (non-hydrogen) atoms. The van der Waals surface area contributed by atoms with E-state index in [1.807, 2.05) is 0 Å². The van der Waals surface area contributed by atoms with E-state index in [2.05, 4.69) is 6.58 Å². The van der Waals surface area contributed by atoms with Gasteiger partial charge in [0, 0.05) is 5.92 Å². The Bertz CT molecular complexity index is 368. The van der Waals surface area contributed by atoms with Crippen molar-refractivity contribution in [1.82, 2.24) is 0 Å². The van der Waals surface area contributed by atoms with Crippen LogP contribution in [0.5, 0.6) is 0 Å². The predicted molar refractivity (Wildman–Crippen MR) is 73.9 cm³/mol. The van der Waals surface area contributed by atoms with Crippen molar-refractivity contribution < 1.29 is 24.2 Å². The van der Waals surface area contributed by atoms with E-state index < -0.39 is 23.0 Å². The molecule has 2 atom stereocenters. The lowest BCUT2D eigenvalue weighted by molar-refractivity contribution is -0.180. The SMILES string of the molecule is C=C[C@H]1CC(C(=O)OCC)(C(=O)OCC)CC[C@@]1(C)O. The molecule has 0 aromatic heterocycles. The van der Waals surface area contributed by atoms with E-state index in [-0.39, 0.29) is 32.0 Å². The van der Waals surface area contributed by atoms with Crippen molar-refractivity contribution >= 4 is 11.9 Å². The van der Waals surface area contributed by atoms with Crippen molar-refractivity contribution in [1.29, 1.82) is 0 Å². The molecule has 1 aliphatic carbocycles. The standard InChI is InChI=1S/C15H24O5/c1-5-11-10-15(12(16)19-6-2,13(17)20-7-3)9-8-14(11,4)18/h5,11,18H,1,6-10H2,2-4H3/t11-,14+/m0/s1. The van der Waals surface area contributed by atoms with E-state index in [1.54, 1.807) is 26.8 Å². The monoisotopic (exact) mass is 284 g/mol. The van der Waals surface area contributed by atoms with Gasteiger partial charge in [-0.15, -0.1) is 6.58 Å². The normalized spacial score (nSPS) is 28.5. The highest BCUT2D eigenvalue weighted by molar-refractivity contribution is 6.00. The van der Waals surface area contributed by atoms with Gasteiger partial charge in [0.15, 0.2) is 5.41 Å². The molecular formula is C15H24O5. The second-order valence-electron chi connectivity index (χ2n) is 5.43. The van der Waals surface area contributed by atoms with Crippen LogP contribution < -0.4 is 0 Å². The van der Waals surface area contributed by atoms with Gasteiger partial charge in [0.05, 0.1) is 18.8 Å². The Kier molecular flexibility index (Phi) is 5.34. The minimum atomic E-state index is -1.33. The summed E-state index contributed by atoms with van der Waals surface area (Å²) >= 11 is 0. The molecule has 1 aliphatic rings. The third kappa shape index (κ3) is 3.03. The molecule has 1 saturated carbocycles. The molecular weight excluding hydrogens is 260 g/mol. The van der Waals surface area contributed by atoms with Gasteiger partial charge in [-0.05, 0) is 40.0 Å². The van der Waals surface area contributed by atoms with Crippen LogP contribution in [0, 0.1) is 11.3 Å². The lowest BCUT2D eigenvalue weighted by atomic mass is 9.63. The quantitative estimate of drug-likeness (QED) is 0.474. The van der Waals surface area contributed by atoms with Gasteiger partial charge in [-0.2, -0.15) is 0 Å². The molecule has 0 heterocycles. The molecule has 0 aliphatic heterocycles. The first kappa shape index (κ1) is 16.7. The smallest absolute Gasteiger partial charge is 0.323 e. The van der Waals surface area contributed by atoms with Crippen LogP contribution >= 0.6 is 0 Å². The van der Waals surface area contributed by atoms with Crippen molar-refractivity contribution in [3.63, 3.8) is 0 Å². The maximum absolute atomic E-state index is 12.3. The number of rotatable bonds is 5. The molecule has 0 radical (unpaired) electrons. The molecule has 1 rings (SSSR count). The van der Waals surface area contributed by atoms with Crippen LogP contribution in [0.2, 0.25) is 0 Å². The summed E-state index contributed by atoms with van der Waals surface area (Å²) in [6.07, 6.45) is 2.30. The summed E-state index contributed by atoms with van der Waals surface area (Å²) in [7, 11) is 0. The zero-order chi connectivity index (χ0) is 15.4. The van der Waals surface area contributed by atoms with Gasteiger partial charge in [0.1, 0.15) is 0 Å². The molecule has 5 heteroatoms. The molecule has 0 saturated heterocycles. The molecule has 0 unspecified atom stereocenters. The Morgan fingerprint density at radius 2 is 1.75 bits per heavy atom. The number of hydrogen-bond acceptors (Lipinski definition) is 5. The first-order valence-corrected chi connectivity index (χ1v) is 7.03. The molecule has 5 nitrogen and oxygen atoms in total. The zero-order valence-corrected chi connectivity index (χ0v) is 12.5. The van der Waals surface area contributed by atoms with Crippen LogP contribution in [-0.2, 0) is 19.1 Å². The highest BCUT2D eigenvalue weighted by Gasteiger charge is 2.55. The highest BCUT2D eigenvalue weighted by atomic mass is 16.6. The van der Waals surface area contributed by atoms with E-state index in [0.29, 0.717) is 6.42 Å². The summed E-state index contributed by atoms with van der Waals surface area (Å²) in [5, 5.41) is 10.3. The van der Waals surface area contributed by atoms with Crippen LogP contribution in [0.4, 0.5) is 0 Å². The van der Waals surface area contributed by atoms with Gasteiger partial charge in [-0.1, -0.05) is 6.08 Å². The van der Waals surface area contributed by atoms with E-state index in [0.717, 1.165) is 0 Å². The summed E-state index contributed by atoms with van der Waals surface area (Å²) in [6, 6.07) is 0. The maximum Gasteiger partial charge on any atom is 0.323 e.